The minimum Gasteiger partial charge on any atom is -0.469 e. The molecule has 0 saturated carbocycles. The molecule has 2 aromatic rings. The molecule has 1 aliphatic heterocycles. The van der Waals surface area contributed by atoms with Gasteiger partial charge in [0.25, 0.3) is 5.91 Å². The number of hydrogen-bond donors (Lipinski definition) is 0. The van der Waals surface area contributed by atoms with Gasteiger partial charge in [0.2, 0.25) is 0 Å². The fourth-order valence-corrected chi connectivity index (χ4v) is 4.06. The summed E-state index contributed by atoms with van der Waals surface area (Å²) in [4.78, 5) is 17.1. The second kappa shape index (κ2) is 6.44. The van der Waals surface area contributed by atoms with Crippen LogP contribution in [-0.2, 0) is 12.8 Å². The Labute approximate surface area is 143 Å². The van der Waals surface area contributed by atoms with Crippen molar-refractivity contribution in [2.45, 2.75) is 32.2 Å². The average molecular weight is 324 g/mol. The molecule has 1 saturated heterocycles. The summed E-state index contributed by atoms with van der Waals surface area (Å²) in [5.74, 6) is 0.821. The van der Waals surface area contributed by atoms with E-state index in [9.17, 15) is 4.79 Å². The minimum atomic E-state index is 0.106. The second-order valence-electron chi connectivity index (χ2n) is 6.88. The number of hydrogen-bond acceptors (Lipinski definition) is 3. The summed E-state index contributed by atoms with van der Waals surface area (Å²) in [6, 6.07) is 11.2. The Balaban J connectivity index is 1.37. The standard InChI is InChI=1S/C20H24N2O2/c1-15-19(8-13-24-15)20(23)22-11-9-21(10-12-22)18-7-6-16-4-2-3-5-17(16)14-18/h2-5,8,13,18H,6-7,9-12,14H2,1H3/t18-/m1/s1. The normalized spacial score (nSPS) is 21.5. The van der Waals surface area contributed by atoms with Crippen LogP contribution in [0.3, 0.4) is 0 Å². The Morgan fingerprint density at radius 1 is 1.08 bits per heavy atom. The Hall–Kier alpha value is -2.07. The Bertz CT molecular complexity index is 729. The number of furan rings is 1. The van der Waals surface area contributed by atoms with Gasteiger partial charge in [-0.1, -0.05) is 24.3 Å². The summed E-state index contributed by atoms with van der Waals surface area (Å²) in [5, 5.41) is 0. The van der Waals surface area contributed by atoms with E-state index >= 15 is 0 Å². The molecule has 1 atom stereocenters. The monoisotopic (exact) mass is 324 g/mol. The number of aryl methyl sites for hydroxylation is 2. The number of amides is 1. The highest BCUT2D eigenvalue weighted by atomic mass is 16.3. The zero-order chi connectivity index (χ0) is 16.5. The van der Waals surface area contributed by atoms with Gasteiger partial charge in [0, 0.05) is 32.2 Å². The molecule has 1 fully saturated rings. The van der Waals surface area contributed by atoms with Gasteiger partial charge in [-0.15, -0.1) is 0 Å². The average Bonchev–Trinajstić information content (AvgIpc) is 3.07. The van der Waals surface area contributed by atoms with Crippen LogP contribution in [0.5, 0.6) is 0 Å². The van der Waals surface area contributed by atoms with E-state index in [1.807, 2.05) is 11.8 Å². The van der Waals surface area contributed by atoms with Gasteiger partial charge in [-0.2, -0.15) is 0 Å². The fourth-order valence-electron chi connectivity index (χ4n) is 4.06. The van der Waals surface area contributed by atoms with Gasteiger partial charge in [-0.25, -0.2) is 0 Å². The Kier molecular flexibility index (Phi) is 4.15. The lowest BCUT2D eigenvalue weighted by Crippen LogP contribution is -2.53. The number of carbonyl (C=O) groups is 1. The number of piperazine rings is 1. The van der Waals surface area contributed by atoms with E-state index in [-0.39, 0.29) is 5.91 Å². The maximum atomic E-state index is 12.6. The molecule has 1 amide bonds. The summed E-state index contributed by atoms with van der Waals surface area (Å²) in [6.07, 6.45) is 5.14. The van der Waals surface area contributed by atoms with Crippen LogP contribution >= 0.6 is 0 Å². The molecule has 126 valence electrons. The van der Waals surface area contributed by atoms with Crippen LogP contribution in [0.2, 0.25) is 0 Å². The lowest BCUT2D eigenvalue weighted by Gasteiger charge is -2.41. The van der Waals surface area contributed by atoms with Crippen LogP contribution in [0.15, 0.2) is 41.0 Å². The molecule has 4 rings (SSSR count). The maximum Gasteiger partial charge on any atom is 0.257 e. The molecule has 4 nitrogen and oxygen atoms in total. The van der Waals surface area contributed by atoms with Gasteiger partial charge in [0.15, 0.2) is 0 Å². The van der Waals surface area contributed by atoms with Crippen LogP contribution in [0.1, 0.15) is 33.7 Å². The predicted octanol–water partition coefficient (Wildman–Crippen LogP) is 2.90. The molecular formula is C20H24N2O2. The first-order valence-electron chi connectivity index (χ1n) is 8.86. The van der Waals surface area contributed by atoms with Crippen LogP contribution in [0, 0.1) is 6.92 Å². The van der Waals surface area contributed by atoms with E-state index in [4.69, 9.17) is 4.42 Å². The summed E-state index contributed by atoms with van der Waals surface area (Å²) in [7, 11) is 0. The van der Waals surface area contributed by atoms with Gasteiger partial charge in [-0.3, -0.25) is 9.69 Å². The van der Waals surface area contributed by atoms with E-state index in [2.05, 4.69) is 29.2 Å². The quantitative estimate of drug-likeness (QED) is 0.852. The molecular weight excluding hydrogens is 300 g/mol. The summed E-state index contributed by atoms with van der Waals surface area (Å²) in [6.45, 7) is 5.40. The minimum absolute atomic E-state index is 0.106. The van der Waals surface area contributed by atoms with Crippen molar-refractivity contribution >= 4 is 5.91 Å². The van der Waals surface area contributed by atoms with E-state index in [1.54, 1.807) is 12.3 Å². The number of nitrogens with zero attached hydrogens (tertiary/aromatic N) is 2. The van der Waals surface area contributed by atoms with Gasteiger partial charge in [0.1, 0.15) is 5.76 Å². The van der Waals surface area contributed by atoms with Crippen LogP contribution in [-0.4, -0.2) is 47.9 Å². The maximum absolute atomic E-state index is 12.6. The highest BCUT2D eigenvalue weighted by Gasteiger charge is 2.29. The fraction of sp³-hybridized carbons (Fsp3) is 0.450. The highest BCUT2D eigenvalue weighted by Crippen LogP contribution is 2.25. The molecule has 2 aliphatic rings. The van der Waals surface area contributed by atoms with Gasteiger partial charge >= 0.3 is 0 Å². The summed E-state index contributed by atoms with van der Waals surface area (Å²) < 4.78 is 5.27. The first kappa shape index (κ1) is 15.5. The summed E-state index contributed by atoms with van der Waals surface area (Å²) in [5.41, 5.74) is 3.72. The molecule has 0 radical (unpaired) electrons. The van der Waals surface area contributed by atoms with Crippen molar-refractivity contribution in [3.8, 4) is 0 Å². The number of rotatable bonds is 2. The molecule has 1 aromatic heterocycles. The predicted molar refractivity (Wildman–Crippen MR) is 93.2 cm³/mol. The number of carbonyl (C=O) groups excluding carboxylic acids is 1. The summed E-state index contributed by atoms with van der Waals surface area (Å²) >= 11 is 0. The van der Waals surface area contributed by atoms with Crippen molar-refractivity contribution < 1.29 is 9.21 Å². The highest BCUT2D eigenvalue weighted by molar-refractivity contribution is 5.95. The van der Waals surface area contributed by atoms with E-state index in [0.29, 0.717) is 17.4 Å². The van der Waals surface area contributed by atoms with Gasteiger partial charge < -0.3 is 9.32 Å². The molecule has 4 heteroatoms. The number of benzene rings is 1. The van der Waals surface area contributed by atoms with E-state index in [1.165, 1.54) is 24.0 Å². The molecule has 24 heavy (non-hydrogen) atoms. The van der Waals surface area contributed by atoms with Crippen LogP contribution in [0.4, 0.5) is 0 Å². The van der Waals surface area contributed by atoms with Crippen LogP contribution in [0.25, 0.3) is 0 Å². The number of fused-ring (bicyclic) bond motifs is 1. The van der Waals surface area contributed by atoms with Gasteiger partial charge in [-0.05, 0) is 43.4 Å². The molecule has 0 bridgehead atoms. The lowest BCUT2D eigenvalue weighted by atomic mass is 9.87. The SMILES string of the molecule is Cc1occc1C(=O)N1CCN([C@@H]2CCc3ccccc3C2)CC1. The molecule has 0 unspecified atom stereocenters. The Morgan fingerprint density at radius 3 is 2.54 bits per heavy atom. The first-order chi connectivity index (χ1) is 11.7. The third-order valence-electron chi connectivity index (χ3n) is 5.53. The zero-order valence-corrected chi connectivity index (χ0v) is 14.2. The topological polar surface area (TPSA) is 36.7 Å². The first-order valence-corrected chi connectivity index (χ1v) is 8.86. The lowest BCUT2D eigenvalue weighted by molar-refractivity contribution is 0.0551. The largest absolute Gasteiger partial charge is 0.469 e. The second-order valence-corrected chi connectivity index (χ2v) is 6.88. The smallest absolute Gasteiger partial charge is 0.257 e. The van der Waals surface area contributed by atoms with Crippen molar-refractivity contribution in [1.29, 1.82) is 0 Å². The van der Waals surface area contributed by atoms with E-state index < -0.39 is 0 Å². The molecule has 0 spiro atoms. The van der Waals surface area contributed by atoms with Crippen LogP contribution < -0.4 is 0 Å². The Morgan fingerprint density at radius 2 is 1.83 bits per heavy atom. The molecule has 1 aliphatic carbocycles. The van der Waals surface area contributed by atoms with Crippen molar-refractivity contribution in [2.24, 2.45) is 0 Å². The van der Waals surface area contributed by atoms with Crippen molar-refractivity contribution in [3.63, 3.8) is 0 Å². The third kappa shape index (κ3) is 2.86. The molecule has 0 N–H and O–H groups in total. The third-order valence-corrected chi connectivity index (χ3v) is 5.53. The molecule has 2 heterocycles. The van der Waals surface area contributed by atoms with E-state index in [0.717, 1.165) is 32.6 Å². The van der Waals surface area contributed by atoms with Crippen molar-refractivity contribution in [1.82, 2.24) is 9.80 Å². The zero-order valence-electron chi connectivity index (χ0n) is 14.2. The van der Waals surface area contributed by atoms with Gasteiger partial charge in [0.05, 0.1) is 11.8 Å². The van der Waals surface area contributed by atoms with Crippen molar-refractivity contribution in [3.05, 3.63) is 59.0 Å². The van der Waals surface area contributed by atoms with Crippen molar-refractivity contribution in [2.75, 3.05) is 26.2 Å². The molecule has 1 aromatic carbocycles.